The Balaban J connectivity index is 2.07. The zero-order valence-corrected chi connectivity index (χ0v) is 12.3. The van der Waals surface area contributed by atoms with E-state index in [0.29, 0.717) is 16.6 Å². The highest BCUT2D eigenvalue weighted by atomic mass is 35.5. The fourth-order valence-corrected chi connectivity index (χ4v) is 2.88. The molecule has 20 heavy (non-hydrogen) atoms. The Kier molecular flexibility index (Phi) is 3.45. The Bertz CT molecular complexity index is 793. The zero-order valence-electron chi connectivity index (χ0n) is 10.8. The van der Waals surface area contributed by atoms with Gasteiger partial charge in [-0.25, -0.2) is 4.39 Å². The van der Waals surface area contributed by atoms with Gasteiger partial charge in [0.1, 0.15) is 5.82 Å². The first-order chi connectivity index (χ1) is 9.54. The molecule has 0 amide bonds. The van der Waals surface area contributed by atoms with Crippen LogP contribution in [0.3, 0.4) is 0 Å². The van der Waals surface area contributed by atoms with Crippen LogP contribution in [-0.4, -0.2) is 4.57 Å². The Hall–Kier alpha value is -1.51. The lowest BCUT2D eigenvalue weighted by Crippen LogP contribution is -1.98. The lowest BCUT2D eigenvalue weighted by atomic mass is 10.2. The maximum Gasteiger partial charge on any atom is 0.123 e. The molecule has 0 N–H and O–H groups in total. The number of rotatable bonds is 2. The van der Waals surface area contributed by atoms with Crippen molar-refractivity contribution in [1.29, 1.82) is 0 Å². The summed E-state index contributed by atoms with van der Waals surface area (Å²) in [6.07, 6.45) is 2.01. The quantitative estimate of drug-likeness (QED) is 0.594. The number of aromatic nitrogens is 1. The highest BCUT2D eigenvalue weighted by Gasteiger charge is 2.09. The van der Waals surface area contributed by atoms with Crippen LogP contribution >= 0.6 is 23.2 Å². The van der Waals surface area contributed by atoms with E-state index >= 15 is 0 Å². The van der Waals surface area contributed by atoms with Gasteiger partial charge in [0.05, 0.1) is 0 Å². The molecule has 0 radical (unpaired) electrons. The first-order valence-corrected chi connectivity index (χ1v) is 6.99. The van der Waals surface area contributed by atoms with E-state index in [1.165, 1.54) is 6.07 Å². The van der Waals surface area contributed by atoms with Gasteiger partial charge in [0.25, 0.3) is 0 Å². The predicted molar refractivity (Wildman–Crippen MR) is 82.2 cm³/mol. The normalized spacial score (nSPS) is 11.2. The van der Waals surface area contributed by atoms with Crippen molar-refractivity contribution in [1.82, 2.24) is 4.57 Å². The van der Waals surface area contributed by atoms with E-state index in [9.17, 15) is 4.39 Å². The van der Waals surface area contributed by atoms with Crippen LogP contribution in [0.1, 0.15) is 11.1 Å². The maximum absolute atomic E-state index is 13.3. The summed E-state index contributed by atoms with van der Waals surface area (Å²) in [5.41, 5.74) is 3.02. The van der Waals surface area contributed by atoms with E-state index in [1.54, 1.807) is 18.2 Å². The minimum Gasteiger partial charge on any atom is -0.343 e. The van der Waals surface area contributed by atoms with E-state index in [4.69, 9.17) is 23.2 Å². The number of hydrogen-bond donors (Lipinski definition) is 0. The predicted octanol–water partition coefficient (Wildman–Crippen LogP) is 5.44. The summed E-state index contributed by atoms with van der Waals surface area (Å²) in [6, 6.07) is 10.3. The van der Waals surface area contributed by atoms with Crippen LogP contribution in [0.5, 0.6) is 0 Å². The monoisotopic (exact) mass is 307 g/mol. The summed E-state index contributed by atoms with van der Waals surface area (Å²) in [4.78, 5) is 0. The van der Waals surface area contributed by atoms with Gasteiger partial charge in [-0.1, -0.05) is 29.3 Å². The van der Waals surface area contributed by atoms with Crippen molar-refractivity contribution in [2.75, 3.05) is 0 Å². The van der Waals surface area contributed by atoms with E-state index in [-0.39, 0.29) is 5.82 Å². The molecule has 0 spiro atoms. The molecule has 0 bridgehead atoms. The molecule has 1 heterocycles. The third kappa shape index (κ3) is 2.41. The average molecular weight is 308 g/mol. The van der Waals surface area contributed by atoms with Crippen LogP contribution in [-0.2, 0) is 6.54 Å². The number of aryl methyl sites for hydroxylation is 1. The standard InChI is InChI=1S/C16H12Cl2FN/c1-10-8-20(16-5-4-13(19)7-14(10)16)9-11-2-3-12(17)6-15(11)18/h2-8H,9H2,1H3. The lowest BCUT2D eigenvalue weighted by molar-refractivity contribution is 0.629. The largest absolute Gasteiger partial charge is 0.343 e. The van der Waals surface area contributed by atoms with Crippen molar-refractivity contribution in [2.45, 2.75) is 13.5 Å². The first-order valence-electron chi connectivity index (χ1n) is 6.23. The highest BCUT2D eigenvalue weighted by Crippen LogP contribution is 2.26. The smallest absolute Gasteiger partial charge is 0.123 e. The van der Waals surface area contributed by atoms with Crippen molar-refractivity contribution in [3.05, 3.63) is 69.6 Å². The summed E-state index contributed by atoms with van der Waals surface area (Å²) in [6.45, 7) is 2.60. The second-order valence-electron chi connectivity index (χ2n) is 4.84. The molecule has 0 atom stereocenters. The third-order valence-corrected chi connectivity index (χ3v) is 3.99. The molecule has 0 aliphatic heterocycles. The van der Waals surface area contributed by atoms with E-state index in [1.807, 2.05) is 25.3 Å². The molecule has 0 saturated heterocycles. The van der Waals surface area contributed by atoms with E-state index in [0.717, 1.165) is 22.0 Å². The van der Waals surface area contributed by atoms with Crippen molar-refractivity contribution in [2.24, 2.45) is 0 Å². The highest BCUT2D eigenvalue weighted by molar-refractivity contribution is 6.35. The summed E-state index contributed by atoms with van der Waals surface area (Å²) in [7, 11) is 0. The van der Waals surface area contributed by atoms with Gasteiger partial charge >= 0.3 is 0 Å². The van der Waals surface area contributed by atoms with Gasteiger partial charge < -0.3 is 4.57 Å². The number of nitrogens with zero attached hydrogens (tertiary/aromatic N) is 1. The van der Waals surface area contributed by atoms with Crippen LogP contribution < -0.4 is 0 Å². The summed E-state index contributed by atoms with van der Waals surface area (Å²) < 4.78 is 15.4. The van der Waals surface area contributed by atoms with Crippen LogP contribution in [0.2, 0.25) is 10.0 Å². The SMILES string of the molecule is Cc1cn(Cc2ccc(Cl)cc2Cl)c2ccc(F)cc12. The van der Waals surface area contributed by atoms with E-state index < -0.39 is 0 Å². The first kappa shape index (κ1) is 13.5. The van der Waals surface area contributed by atoms with Gasteiger partial charge in [0, 0.05) is 33.7 Å². The van der Waals surface area contributed by atoms with Crippen LogP contribution in [0.25, 0.3) is 10.9 Å². The Labute approximate surface area is 126 Å². The minimum atomic E-state index is -0.220. The zero-order chi connectivity index (χ0) is 14.3. The summed E-state index contributed by atoms with van der Waals surface area (Å²) in [5, 5.41) is 2.18. The lowest BCUT2D eigenvalue weighted by Gasteiger charge is -2.08. The van der Waals surface area contributed by atoms with Crippen molar-refractivity contribution in [3.63, 3.8) is 0 Å². The van der Waals surface area contributed by atoms with Crippen molar-refractivity contribution in [3.8, 4) is 0 Å². The van der Waals surface area contributed by atoms with Crippen LogP contribution in [0, 0.1) is 12.7 Å². The van der Waals surface area contributed by atoms with Gasteiger partial charge in [-0.3, -0.25) is 0 Å². The second-order valence-corrected chi connectivity index (χ2v) is 5.68. The molecule has 0 aliphatic carbocycles. The minimum absolute atomic E-state index is 0.220. The molecular weight excluding hydrogens is 296 g/mol. The maximum atomic E-state index is 13.3. The number of halogens is 3. The molecule has 3 rings (SSSR count). The number of hydrogen-bond acceptors (Lipinski definition) is 0. The van der Waals surface area contributed by atoms with Gasteiger partial charge in [0.2, 0.25) is 0 Å². The third-order valence-electron chi connectivity index (χ3n) is 3.40. The summed E-state index contributed by atoms with van der Waals surface area (Å²) in [5.74, 6) is -0.220. The van der Waals surface area contributed by atoms with Crippen LogP contribution in [0.4, 0.5) is 4.39 Å². The van der Waals surface area contributed by atoms with Gasteiger partial charge in [-0.15, -0.1) is 0 Å². The van der Waals surface area contributed by atoms with Crippen molar-refractivity contribution >= 4 is 34.1 Å². The Morgan fingerprint density at radius 1 is 1.10 bits per heavy atom. The molecule has 4 heteroatoms. The molecule has 0 fully saturated rings. The average Bonchev–Trinajstić information content (AvgIpc) is 2.69. The fraction of sp³-hybridized carbons (Fsp3) is 0.125. The summed E-state index contributed by atoms with van der Waals surface area (Å²) >= 11 is 12.1. The molecule has 0 saturated carbocycles. The van der Waals surface area contributed by atoms with Crippen LogP contribution in [0.15, 0.2) is 42.6 Å². The molecule has 0 unspecified atom stereocenters. The van der Waals surface area contributed by atoms with Crippen molar-refractivity contribution < 1.29 is 4.39 Å². The topological polar surface area (TPSA) is 4.93 Å². The molecule has 3 aromatic rings. The molecular formula is C16H12Cl2FN. The van der Waals surface area contributed by atoms with Gasteiger partial charge in [-0.05, 0) is 48.4 Å². The van der Waals surface area contributed by atoms with Gasteiger partial charge in [0.15, 0.2) is 0 Å². The molecule has 1 nitrogen and oxygen atoms in total. The Morgan fingerprint density at radius 2 is 1.90 bits per heavy atom. The molecule has 1 aromatic heterocycles. The fourth-order valence-electron chi connectivity index (χ4n) is 2.41. The number of fused-ring (bicyclic) bond motifs is 1. The second kappa shape index (κ2) is 5.12. The molecule has 102 valence electrons. The van der Waals surface area contributed by atoms with Gasteiger partial charge in [-0.2, -0.15) is 0 Å². The van der Waals surface area contributed by atoms with E-state index in [2.05, 4.69) is 4.57 Å². The molecule has 2 aromatic carbocycles. The number of benzene rings is 2. The Morgan fingerprint density at radius 3 is 2.65 bits per heavy atom. The molecule has 0 aliphatic rings.